The van der Waals surface area contributed by atoms with Gasteiger partial charge in [-0.2, -0.15) is 5.10 Å². The first-order chi connectivity index (χ1) is 10.1. The van der Waals surface area contributed by atoms with E-state index in [-0.39, 0.29) is 5.56 Å². The normalized spacial score (nSPS) is 11.1. The van der Waals surface area contributed by atoms with Gasteiger partial charge in [-0.25, -0.2) is 4.98 Å². The Morgan fingerprint density at radius 2 is 2.19 bits per heavy atom. The summed E-state index contributed by atoms with van der Waals surface area (Å²) in [7, 11) is 1.88. The highest BCUT2D eigenvalue weighted by Crippen LogP contribution is 2.14. The van der Waals surface area contributed by atoms with E-state index in [9.17, 15) is 4.79 Å². The zero-order valence-electron chi connectivity index (χ0n) is 11.4. The molecule has 3 rings (SSSR count). The Kier molecular flexibility index (Phi) is 3.72. The smallest absolute Gasteiger partial charge is 0.258 e. The lowest BCUT2D eigenvalue weighted by molar-refractivity contribution is 0.612. The number of halogens is 1. The Labute approximate surface area is 125 Å². The van der Waals surface area contributed by atoms with Gasteiger partial charge in [-0.15, -0.1) is 0 Å². The van der Waals surface area contributed by atoms with Crippen LogP contribution in [0.15, 0.2) is 35.3 Å². The minimum absolute atomic E-state index is 0.158. The fraction of sp³-hybridized carbons (Fsp3) is 0.214. The topological polar surface area (TPSA) is 75.6 Å². The van der Waals surface area contributed by atoms with Crippen molar-refractivity contribution in [2.45, 2.75) is 13.1 Å². The Balaban J connectivity index is 1.78. The summed E-state index contributed by atoms with van der Waals surface area (Å²) >= 11 is 5.94. The standard InChI is InChI=1S/C14H14ClN5O/c1-20-10(4-5-17-20)7-16-8-13-18-12-6-9(15)2-3-11(12)14(21)19-13/h2-6,16H,7-8H2,1H3,(H,18,19,21). The SMILES string of the molecule is Cn1nccc1CNCc1nc2cc(Cl)ccc2c(=O)[nH]1. The molecule has 108 valence electrons. The third-order valence-corrected chi connectivity index (χ3v) is 3.47. The minimum atomic E-state index is -0.158. The van der Waals surface area contributed by atoms with E-state index in [2.05, 4.69) is 20.4 Å². The molecule has 2 aromatic heterocycles. The van der Waals surface area contributed by atoms with Crippen molar-refractivity contribution in [3.63, 3.8) is 0 Å². The number of aromatic amines is 1. The second-order valence-corrected chi connectivity index (χ2v) is 5.16. The third kappa shape index (κ3) is 2.96. The average Bonchev–Trinajstić information content (AvgIpc) is 2.84. The molecule has 2 heterocycles. The Bertz CT molecular complexity index is 839. The molecule has 0 bridgehead atoms. The predicted molar refractivity (Wildman–Crippen MR) is 81.1 cm³/mol. The van der Waals surface area contributed by atoms with Crippen LogP contribution in [-0.4, -0.2) is 19.7 Å². The number of benzene rings is 1. The van der Waals surface area contributed by atoms with Gasteiger partial charge in [0.1, 0.15) is 5.82 Å². The summed E-state index contributed by atoms with van der Waals surface area (Å²) in [6, 6.07) is 6.98. The van der Waals surface area contributed by atoms with Crippen LogP contribution in [0.25, 0.3) is 10.9 Å². The molecule has 3 aromatic rings. The zero-order valence-corrected chi connectivity index (χ0v) is 12.2. The molecule has 2 N–H and O–H groups in total. The van der Waals surface area contributed by atoms with Crippen LogP contribution in [0, 0.1) is 0 Å². The van der Waals surface area contributed by atoms with Gasteiger partial charge in [-0.1, -0.05) is 11.6 Å². The quantitative estimate of drug-likeness (QED) is 0.767. The van der Waals surface area contributed by atoms with Gasteiger partial charge in [0.15, 0.2) is 0 Å². The van der Waals surface area contributed by atoms with Crippen LogP contribution >= 0.6 is 11.6 Å². The molecule has 0 saturated heterocycles. The van der Waals surface area contributed by atoms with Crippen molar-refractivity contribution < 1.29 is 0 Å². The van der Waals surface area contributed by atoms with Gasteiger partial charge in [-0.05, 0) is 24.3 Å². The van der Waals surface area contributed by atoms with E-state index in [0.29, 0.717) is 34.8 Å². The average molecular weight is 304 g/mol. The van der Waals surface area contributed by atoms with E-state index >= 15 is 0 Å². The maximum absolute atomic E-state index is 12.0. The summed E-state index contributed by atoms with van der Waals surface area (Å²) in [4.78, 5) is 19.2. The molecular weight excluding hydrogens is 290 g/mol. The molecule has 0 atom stereocenters. The summed E-state index contributed by atoms with van der Waals surface area (Å²) in [5, 5.41) is 8.42. The highest BCUT2D eigenvalue weighted by atomic mass is 35.5. The Morgan fingerprint density at radius 3 is 2.95 bits per heavy atom. The van der Waals surface area contributed by atoms with Crippen LogP contribution in [0.3, 0.4) is 0 Å². The van der Waals surface area contributed by atoms with Gasteiger partial charge in [0.05, 0.1) is 23.1 Å². The molecular formula is C14H14ClN5O. The summed E-state index contributed by atoms with van der Waals surface area (Å²) in [6.45, 7) is 1.11. The maximum atomic E-state index is 12.0. The fourth-order valence-electron chi connectivity index (χ4n) is 2.13. The summed E-state index contributed by atoms with van der Waals surface area (Å²) in [5.74, 6) is 0.580. The molecule has 0 radical (unpaired) electrons. The Hall–Kier alpha value is -2.18. The van der Waals surface area contributed by atoms with Gasteiger partial charge in [0, 0.05) is 24.8 Å². The van der Waals surface area contributed by atoms with Gasteiger partial charge in [0.2, 0.25) is 0 Å². The van der Waals surface area contributed by atoms with E-state index in [1.54, 1.807) is 29.1 Å². The van der Waals surface area contributed by atoms with Gasteiger partial charge >= 0.3 is 0 Å². The van der Waals surface area contributed by atoms with E-state index in [1.807, 2.05) is 13.1 Å². The van der Waals surface area contributed by atoms with Crippen LogP contribution in [-0.2, 0) is 20.1 Å². The molecule has 0 fully saturated rings. The van der Waals surface area contributed by atoms with Crippen LogP contribution in [0.4, 0.5) is 0 Å². The molecule has 6 nitrogen and oxygen atoms in total. The van der Waals surface area contributed by atoms with Crippen LogP contribution in [0.5, 0.6) is 0 Å². The second-order valence-electron chi connectivity index (χ2n) is 4.72. The molecule has 0 aliphatic heterocycles. The number of aromatic nitrogens is 4. The van der Waals surface area contributed by atoms with Crippen LogP contribution in [0.2, 0.25) is 5.02 Å². The van der Waals surface area contributed by atoms with Crippen molar-refractivity contribution in [2.24, 2.45) is 7.05 Å². The lowest BCUT2D eigenvalue weighted by atomic mass is 10.2. The molecule has 21 heavy (non-hydrogen) atoms. The third-order valence-electron chi connectivity index (χ3n) is 3.24. The highest BCUT2D eigenvalue weighted by molar-refractivity contribution is 6.31. The zero-order chi connectivity index (χ0) is 14.8. The maximum Gasteiger partial charge on any atom is 0.258 e. The lowest BCUT2D eigenvalue weighted by Crippen LogP contribution is -2.20. The molecule has 0 spiro atoms. The monoisotopic (exact) mass is 303 g/mol. The summed E-state index contributed by atoms with van der Waals surface area (Å²) < 4.78 is 1.79. The van der Waals surface area contributed by atoms with Crippen molar-refractivity contribution in [2.75, 3.05) is 0 Å². The van der Waals surface area contributed by atoms with Gasteiger partial charge in [-0.3, -0.25) is 9.48 Å². The first-order valence-corrected chi connectivity index (χ1v) is 6.87. The number of nitrogens with one attached hydrogen (secondary N) is 2. The highest BCUT2D eigenvalue weighted by Gasteiger charge is 2.05. The molecule has 0 amide bonds. The first kappa shape index (κ1) is 13.8. The molecule has 0 saturated carbocycles. The van der Waals surface area contributed by atoms with E-state index in [1.165, 1.54) is 0 Å². The number of hydrogen-bond donors (Lipinski definition) is 2. The molecule has 0 aliphatic rings. The molecule has 0 aliphatic carbocycles. The molecule has 7 heteroatoms. The van der Waals surface area contributed by atoms with Crippen LogP contribution < -0.4 is 10.9 Å². The number of hydrogen-bond acceptors (Lipinski definition) is 4. The minimum Gasteiger partial charge on any atom is -0.309 e. The van der Waals surface area contributed by atoms with Crippen molar-refractivity contribution >= 4 is 22.5 Å². The number of fused-ring (bicyclic) bond motifs is 1. The number of aryl methyl sites for hydroxylation is 1. The van der Waals surface area contributed by atoms with E-state index < -0.39 is 0 Å². The van der Waals surface area contributed by atoms with E-state index in [0.717, 1.165) is 5.69 Å². The van der Waals surface area contributed by atoms with Crippen molar-refractivity contribution in [1.82, 2.24) is 25.1 Å². The van der Waals surface area contributed by atoms with Gasteiger partial charge in [0.25, 0.3) is 5.56 Å². The van der Waals surface area contributed by atoms with Crippen molar-refractivity contribution in [1.29, 1.82) is 0 Å². The van der Waals surface area contributed by atoms with Crippen LogP contribution in [0.1, 0.15) is 11.5 Å². The largest absolute Gasteiger partial charge is 0.309 e. The number of rotatable bonds is 4. The van der Waals surface area contributed by atoms with Crippen molar-refractivity contribution in [3.05, 3.63) is 57.4 Å². The van der Waals surface area contributed by atoms with Gasteiger partial charge < -0.3 is 10.3 Å². The first-order valence-electron chi connectivity index (χ1n) is 6.49. The lowest BCUT2D eigenvalue weighted by Gasteiger charge is -2.06. The number of H-pyrrole nitrogens is 1. The second kappa shape index (κ2) is 5.67. The fourth-order valence-corrected chi connectivity index (χ4v) is 2.29. The van der Waals surface area contributed by atoms with E-state index in [4.69, 9.17) is 11.6 Å². The number of nitrogens with zero attached hydrogens (tertiary/aromatic N) is 3. The molecule has 1 aromatic carbocycles. The summed E-state index contributed by atoms with van der Waals surface area (Å²) in [5.41, 5.74) is 1.50. The Morgan fingerprint density at radius 1 is 1.33 bits per heavy atom. The molecule has 0 unspecified atom stereocenters. The van der Waals surface area contributed by atoms with Crippen molar-refractivity contribution in [3.8, 4) is 0 Å². The summed E-state index contributed by atoms with van der Waals surface area (Å²) in [6.07, 6.45) is 1.75. The predicted octanol–water partition coefficient (Wildman–Crippen LogP) is 1.60.